The Balaban J connectivity index is 1.99. The van der Waals surface area contributed by atoms with Gasteiger partial charge in [0.1, 0.15) is 5.69 Å². The van der Waals surface area contributed by atoms with E-state index in [2.05, 4.69) is 20.6 Å². The number of amides is 1. The molecule has 0 aliphatic rings. The molecule has 0 radical (unpaired) electrons. The molecule has 19 heavy (non-hydrogen) atoms. The molecule has 0 saturated heterocycles. The average Bonchev–Trinajstić information content (AvgIpc) is 2.85. The first-order valence-corrected chi connectivity index (χ1v) is 6.34. The van der Waals surface area contributed by atoms with Crippen molar-refractivity contribution < 1.29 is 4.79 Å². The molecule has 102 valence electrons. The van der Waals surface area contributed by atoms with E-state index >= 15 is 0 Å². The average molecular weight is 282 g/mol. The molecule has 0 spiro atoms. The van der Waals surface area contributed by atoms with E-state index in [9.17, 15) is 4.79 Å². The van der Waals surface area contributed by atoms with Crippen LogP contribution in [0.3, 0.4) is 0 Å². The highest BCUT2D eigenvalue weighted by molar-refractivity contribution is 6.33. The Kier molecular flexibility index (Phi) is 3.90. The van der Waals surface area contributed by atoms with Crippen LogP contribution < -0.4 is 5.32 Å². The van der Waals surface area contributed by atoms with E-state index < -0.39 is 0 Å². The van der Waals surface area contributed by atoms with Crippen molar-refractivity contribution in [3.05, 3.63) is 34.4 Å². The summed E-state index contributed by atoms with van der Waals surface area (Å²) >= 11 is 5.93. The number of aromatic amines is 1. The summed E-state index contributed by atoms with van der Waals surface area (Å²) in [5.74, 6) is -0.232. The van der Waals surface area contributed by atoms with Gasteiger partial charge in [0, 0.05) is 25.2 Å². The smallest absolute Gasteiger partial charge is 0.271 e. The number of halogens is 1. The monoisotopic (exact) mass is 281 g/mol. The molecular formula is C12H16ClN5O. The molecule has 0 saturated carbocycles. The minimum Gasteiger partial charge on any atom is -0.348 e. The first-order chi connectivity index (χ1) is 8.97. The topological polar surface area (TPSA) is 75.6 Å². The van der Waals surface area contributed by atoms with Crippen molar-refractivity contribution in [3.8, 4) is 0 Å². The zero-order valence-electron chi connectivity index (χ0n) is 11.1. The molecule has 0 aliphatic heterocycles. The fourth-order valence-corrected chi connectivity index (χ4v) is 2.15. The Hall–Kier alpha value is -1.82. The SMILES string of the molecule is Cc1cc(C[C@@H](C)NC(=O)c2c(Cl)cnn2C)n[nH]1. The van der Waals surface area contributed by atoms with Crippen LogP contribution in [0.1, 0.15) is 28.8 Å². The Bertz CT molecular complexity index is 569. The summed E-state index contributed by atoms with van der Waals surface area (Å²) in [4.78, 5) is 12.1. The lowest BCUT2D eigenvalue weighted by Crippen LogP contribution is -2.35. The summed E-state index contributed by atoms with van der Waals surface area (Å²) in [7, 11) is 1.68. The van der Waals surface area contributed by atoms with E-state index in [1.165, 1.54) is 10.9 Å². The maximum atomic E-state index is 12.1. The van der Waals surface area contributed by atoms with Gasteiger partial charge in [-0.3, -0.25) is 14.6 Å². The van der Waals surface area contributed by atoms with Gasteiger partial charge in [-0.25, -0.2) is 0 Å². The number of nitrogens with zero attached hydrogens (tertiary/aromatic N) is 3. The number of aryl methyl sites for hydroxylation is 2. The lowest BCUT2D eigenvalue weighted by molar-refractivity contribution is 0.0930. The molecular weight excluding hydrogens is 266 g/mol. The number of carbonyl (C=O) groups is 1. The second-order valence-corrected chi connectivity index (χ2v) is 4.99. The maximum Gasteiger partial charge on any atom is 0.271 e. The zero-order chi connectivity index (χ0) is 14.0. The summed E-state index contributed by atoms with van der Waals surface area (Å²) in [5.41, 5.74) is 2.29. The van der Waals surface area contributed by atoms with E-state index in [-0.39, 0.29) is 11.9 Å². The number of aromatic nitrogens is 4. The van der Waals surface area contributed by atoms with E-state index in [1.54, 1.807) is 7.05 Å². The van der Waals surface area contributed by atoms with Crippen molar-refractivity contribution in [3.63, 3.8) is 0 Å². The van der Waals surface area contributed by atoms with Crippen molar-refractivity contribution in [1.82, 2.24) is 25.3 Å². The molecule has 0 fully saturated rings. The molecule has 1 atom stereocenters. The molecule has 0 aromatic carbocycles. The zero-order valence-corrected chi connectivity index (χ0v) is 11.8. The van der Waals surface area contributed by atoms with Gasteiger partial charge in [-0.05, 0) is 19.9 Å². The van der Waals surface area contributed by atoms with Crippen LogP contribution >= 0.6 is 11.6 Å². The van der Waals surface area contributed by atoms with E-state index in [0.717, 1.165) is 11.4 Å². The van der Waals surface area contributed by atoms with Crippen molar-refractivity contribution in [2.24, 2.45) is 7.05 Å². The molecule has 1 amide bonds. The van der Waals surface area contributed by atoms with Crippen LogP contribution in [0.4, 0.5) is 0 Å². The Morgan fingerprint density at radius 2 is 2.37 bits per heavy atom. The van der Waals surface area contributed by atoms with Gasteiger partial charge in [0.2, 0.25) is 0 Å². The standard InChI is InChI=1S/C12H16ClN5O/c1-7(4-9-5-8(2)16-17-9)15-12(19)11-10(13)6-14-18(11)3/h5-7H,4H2,1-3H3,(H,15,19)(H,16,17)/t7-/m1/s1. The van der Waals surface area contributed by atoms with Crippen LogP contribution in [0.15, 0.2) is 12.3 Å². The van der Waals surface area contributed by atoms with Crippen molar-refractivity contribution >= 4 is 17.5 Å². The van der Waals surface area contributed by atoms with Crippen molar-refractivity contribution in [2.75, 3.05) is 0 Å². The van der Waals surface area contributed by atoms with Crippen LogP contribution in [-0.4, -0.2) is 31.9 Å². The normalized spacial score (nSPS) is 12.4. The fraction of sp³-hybridized carbons (Fsp3) is 0.417. The molecule has 2 aromatic rings. The molecule has 0 aliphatic carbocycles. The van der Waals surface area contributed by atoms with Gasteiger partial charge in [-0.1, -0.05) is 11.6 Å². The third-order valence-corrected chi connectivity index (χ3v) is 3.04. The highest BCUT2D eigenvalue weighted by Gasteiger charge is 2.18. The molecule has 0 bridgehead atoms. The van der Waals surface area contributed by atoms with Crippen molar-refractivity contribution in [1.29, 1.82) is 0 Å². The molecule has 2 heterocycles. The highest BCUT2D eigenvalue weighted by Crippen LogP contribution is 2.14. The second kappa shape index (κ2) is 5.44. The number of rotatable bonds is 4. The van der Waals surface area contributed by atoms with Crippen LogP contribution in [0.2, 0.25) is 5.02 Å². The third kappa shape index (κ3) is 3.14. The molecule has 6 nitrogen and oxygen atoms in total. The number of H-pyrrole nitrogens is 1. The van der Waals surface area contributed by atoms with Gasteiger partial charge in [0.15, 0.2) is 0 Å². The quantitative estimate of drug-likeness (QED) is 0.891. The summed E-state index contributed by atoms with van der Waals surface area (Å²) in [5, 5.41) is 14.2. The first-order valence-electron chi connectivity index (χ1n) is 5.96. The minimum absolute atomic E-state index is 0.0406. The minimum atomic E-state index is -0.232. The Labute approximate surface area is 116 Å². The van der Waals surface area contributed by atoms with Gasteiger partial charge in [0.05, 0.1) is 16.9 Å². The molecule has 2 rings (SSSR count). The summed E-state index contributed by atoms with van der Waals surface area (Å²) in [6.45, 7) is 3.86. The lowest BCUT2D eigenvalue weighted by atomic mass is 10.1. The summed E-state index contributed by atoms with van der Waals surface area (Å²) in [6.07, 6.45) is 2.11. The van der Waals surface area contributed by atoms with Gasteiger partial charge in [-0.15, -0.1) is 0 Å². The number of hydrogen-bond donors (Lipinski definition) is 2. The molecule has 2 aromatic heterocycles. The third-order valence-electron chi connectivity index (χ3n) is 2.76. The van der Waals surface area contributed by atoms with Crippen LogP contribution in [0.5, 0.6) is 0 Å². The summed E-state index contributed by atoms with van der Waals surface area (Å²) < 4.78 is 1.46. The Morgan fingerprint density at radius 3 is 2.89 bits per heavy atom. The van der Waals surface area contributed by atoms with Crippen LogP contribution in [0.25, 0.3) is 0 Å². The van der Waals surface area contributed by atoms with E-state index in [4.69, 9.17) is 11.6 Å². The van der Waals surface area contributed by atoms with Crippen molar-refractivity contribution in [2.45, 2.75) is 26.3 Å². The number of carbonyl (C=O) groups excluding carboxylic acids is 1. The molecule has 0 unspecified atom stereocenters. The molecule has 7 heteroatoms. The highest BCUT2D eigenvalue weighted by atomic mass is 35.5. The second-order valence-electron chi connectivity index (χ2n) is 4.59. The van der Waals surface area contributed by atoms with E-state index in [0.29, 0.717) is 17.1 Å². The summed E-state index contributed by atoms with van der Waals surface area (Å²) in [6, 6.07) is 1.92. The Morgan fingerprint density at radius 1 is 1.63 bits per heavy atom. The first kappa shape index (κ1) is 13.6. The van der Waals surface area contributed by atoms with E-state index in [1.807, 2.05) is 19.9 Å². The van der Waals surface area contributed by atoms with Gasteiger partial charge in [-0.2, -0.15) is 10.2 Å². The molecule has 2 N–H and O–H groups in total. The predicted molar refractivity (Wildman–Crippen MR) is 72.2 cm³/mol. The van der Waals surface area contributed by atoms with Crippen LogP contribution in [0, 0.1) is 6.92 Å². The number of hydrogen-bond acceptors (Lipinski definition) is 3. The van der Waals surface area contributed by atoms with Gasteiger partial charge < -0.3 is 5.32 Å². The number of nitrogens with one attached hydrogen (secondary N) is 2. The lowest BCUT2D eigenvalue weighted by Gasteiger charge is -2.12. The largest absolute Gasteiger partial charge is 0.348 e. The fourth-order valence-electron chi connectivity index (χ4n) is 1.90. The maximum absolute atomic E-state index is 12.1. The van der Waals surface area contributed by atoms with Crippen LogP contribution in [-0.2, 0) is 13.5 Å². The van der Waals surface area contributed by atoms with Gasteiger partial charge >= 0.3 is 0 Å². The predicted octanol–water partition coefficient (Wildman–Crippen LogP) is 1.47. The van der Waals surface area contributed by atoms with Gasteiger partial charge in [0.25, 0.3) is 5.91 Å².